The molecule has 0 saturated carbocycles. The number of rotatable bonds is 3. The SMILES string of the molecule is CC(C)c1nc2ccccc2n1[C@@H](C)c1ccccc1. The molecule has 0 saturated heterocycles. The van der Waals surface area contributed by atoms with Crippen LogP contribution >= 0.6 is 0 Å². The zero-order valence-corrected chi connectivity index (χ0v) is 12.2. The number of hydrogen-bond acceptors (Lipinski definition) is 1. The number of imidazole rings is 1. The Morgan fingerprint density at radius 1 is 0.850 bits per heavy atom. The Bertz CT molecular complexity index is 711. The molecule has 102 valence electrons. The van der Waals surface area contributed by atoms with Gasteiger partial charge in [0.2, 0.25) is 0 Å². The molecule has 1 heterocycles. The van der Waals surface area contributed by atoms with Crippen molar-refractivity contribution in [3.63, 3.8) is 0 Å². The average Bonchev–Trinajstić information content (AvgIpc) is 2.87. The van der Waals surface area contributed by atoms with Crippen molar-refractivity contribution < 1.29 is 0 Å². The second-order valence-corrected chi connectivity index (χ2v) is 5.57. The van der Waals surface area contributed by atoms with Crippen LogP contribution in [0.1, 0.15) is 44.1 Å². The van der Waals surface area contributed by atoms with Crippen LogP contribution in [0.15, 0.2) is 54.6 Å². The fourth-order valence-electron chi connectivity index (χ4n) is 2.76. The molecule has 0 fully saturated rings. The summed E-state index contributed by atoms with van der Waals surface area (Å²) < 4.78 is 2.37. The van der Waals surface area contributed by atoms with E-state index < -0.39 is 0 Å². The van der Waals surface area contributed by atoms with E-state index in [1.165, 1.54) is 11.1 Å². The van der Waals surface area contributed by atoms with Gasteiger partial charge in [-0.05, 0) is 24.6 Å². The summed E-state index contributed by atoms with van der Waals surface area (Å²) in [6.45, 7) is 6.65. The van der Waals surface area contributed by atoms with E-state index >= 15 is 0 Å². The van der Waals surface area contributed by atoms with Crippen LogP contribution in [-0.4, -0.2) is 9.55 Å². The molecular weight excluding hydrogens is 244 g/mol. The summed E-state index contributed by atoms with van der Waals surface area (Å²) in [5.41, 5.74) is 3.61. The average molecular weight is 264 g/mol. The zero-order valence-electron chi connectivity index (χ0n) is 12.2. The summed E-state index contributed by atoms with van der Waals surface area (Å²) in [6, 6.07) is 19.3. The molecule has 1 aromatic heterocycles. The Morgan fingerprint density at radius 3 is 2.20 bits per heavy atom. The molecule has 0 radical (unpaired) electrons. The number of benzene rings is 2. The highest BCUT2D eigenvalue weighted by Crippen LogP contribution is 2.29. The third-order valence-electron chi connectivity index (χ3n) is 3.81. The van der Waals surface area contributed by atoms with E-state index in [0.29, 0.717) is 12.0 Å². The summed E-state index contributed by atoms with van der Waals surface area (Å²) in [5, 5.41) is 0. The lowest BCUT2D eigenvalue weighted by Gasteiger charge is -2.19. The Morgan fingerprint density at radius 2 is 1.50 bits per heavy atom. The van der Waals surface area contributed by atoms with Crippen LogP contribution in [0.3, 0.4) is 0 Å². The van der Waals surface area contributed by atoms with Crippen molar-refractivity contribution in [2.45, 2.75) is 32.7 Å². The number of hydrogen-bond donors (Lipinski definition) is 0. The molecule has 2 nitrogen and oxygen atoms in total. The summed E-state index contributed by atoms with van der Waals surface area (Å²) in [4.78, 5) is 4.82. The van der Waals surface area contributed by atoms with Crippen LogP contribution in [0, 0.1) is 0 Å². The maximum Gasteiger partial charge on any atom is 0.113 e. The maximum absolute atomic E-state index is 4.82. The van der Waals surface area contributed by atoms with Crippen molar-refractivity contribution >= 4 is 11.0 Å². The van der Waals surface area contributed by atoms with Crippen molar-refractivity contribution in [1.29, 1.82) is 0 Å². The van der Waals surface area contributed by atoms with Crippen molar-refractivity contribution in [3.8, 4) is 0 Å². The van der Waals surface area contributed by atoms with E-state index in [1.807, 2.05) is 0 Å². The quantitative estimate of drug-likeness (QED) is 0.666. The van der Waals surface area contributed by atoms with Gasteiger partial charge in [0.05, 0.1) is 17.1 Å². The third-order valence-corrected chi connectivity index (χ3v) is 3.81. The minimum Gasteiger partial charge on any atom is -0.320 e. The first kappa shape index (κ1) is 12.9. The van der Waals surface area contributed by atoms with E-state index in [0.717, 1.165) is 11.3 Å². The molecule has 20 heavy (non-hydrogen) atoms. The van der Waals surface area contributed by atoms with E-state index in [4.69, 9.17) is 4.98 Å². The van der Waals surface area contributed by atoms with Crippen molar-refractivity contribution in [2.24, 2.45) is 0 Å². The molecule has 3 aromatic rings. The fourth-order valence-corrected chi connectivity index (χ4v) is 2.76. The standard InChI is InChI=1S/C18H20N2/c1-13(2)18-19-16-11-7-8-12-17(16)20(18)14(3)15-9-5-4-6-10-15/h4-14H,1-3H3/t14-/m0/s1. The molecule has 2 aromatic carbocycles. The first-order valence-corrected chi connectivity index (χ1v) is 7.20. The van der Waals surface area contributed by atoms with Gasteiger partial charge in [0.15, 0.2) is 0 Å². The second kappa shape index (κ2) is 5.12. The summed E-state index contributed by atoms with van der Waals surface area (Å²) in [5.74, 6) is 1.57. The Hall–Kier alpha value is -2.09. The molecule has 2 heteroatoms. The summed E-state index contributed by atoms with van der Waals surface area (Å²) in [7, 11) is 0. The molecule has 1 atom stereocenters. The van der Waals surface area contributed by atoms with Gasteiger partial charge in [-0.25, -0.2) is 4.98 Å². The lowest BCUT2D eigenvalue weighted by Crippen LogP contribution is -2.11. The predicted molar refractivity (Wildman–Crippen MR) is 84.1 cm³/mol. The predicted octanol–water partition coefficient (Wildman–Crippen LogP) is 4.77. The van der Waals surface area contributed by atoms with Crippen LogP contribution in [0.5, 0.6) is 0 Å². The minimum atomic E-state index is 0.293. The number of para-hydroxylation sites is 2. The minimum absolute atomic E-state index is 0.293. The van der Waals surface area contributed by atoms with Crippen LogP contribution in [0.2, 0.25) is 0 Å². The Kier molecular flexibility index (Phi) is 3.31. The molecule has 0 aliphatic heterocycles. The van der Waals surface area contributed by atoms with Crippen LogP contribution in [0.4, 0.5) is 0 Å². The van der Waals surface area contributed by atoms with Gasteiger partial charge >= 0.3 is 0 Å². The van der Waals surface area contributed by atoms with E-state index in [-0.39, 0.29) is 0 Å². The molecule has 0 N–H and O–H groups in total. The first-order chi connectivity index (χ1) is 9.68. The highest BCUT2D eigenvalue weighted by atomic mass is 15.1. The van der Waals surface area contributed by atoms with E-state index in [1.54, 1.807) is 0 Å². The monoisotopic (exact) mass is 264 g/mol. The first-order valence-electron chi connectivity index (χ1n) is 7.20. The topological polar surface area (TPSA) is 17.8 Å². The highest BCUT2D eigenvalue weighted by molar-refractivity contribution is 5.76. The van der Waals surface area contributed by atoms with Crippen LogP contribution in [-0.2, 0) is 0 Å². The van der Waals surface area contributed by atoms with E-state index in [2.05, 4.69) is 79.9 Å². The smallest absolute Gasteiger partial charge is 0.113 e. The van der Waals surface area contributed by atoms with Gasteiger partial charge in [-0.1, -0.05) is 56.3 Å². The van der Waals surface area contributed by atoms with Gasteiger partial charge in [-0.15, -0.1) is 0 Å². The van der Waals surface area contributed by atoms with Gasteiger partial charge in [-0.3, -0.25) is 0 Å². The van der Waals surface area contributed by atoms with Gasteiger partial charge in [0.1, 0.15) is 5.82 Å². The summed E-state index contributed by atoms with van der Waals surface area (Å²) >= 11 is 0. The largest absolute Gasteiger partial charge is 0.320 e. The Labute approximate surface area is 120 Å². The number of aromatic nitrogens is 2. The van der Waals surface area contributed by atoms with Crippen molar-refractivity contribution in [1.82, 2.24) is 9.55 Å². The molecular formula is C18H20N2. The maximum atomic E-state index is 4.82. The normalized spacial score (nSPS) is 13.0. The summed E-state index contributed by atoms with van der Waals surface area (Å²) in [6.07, 6.45) is 0. The lowest BCUT2D eigenvalue weighted by atomic mass is 10.1. The van der Waals surface area contributed by atoms with Crippen molar-refractivity contribution in [2.75, 3.05) is 0 Å². The number of nitrogens with zero attached hydrogens (tertiary/aromatic N) is 2. The van der Waals surface area contributed by atoms with E-state index in [9.17, 15) is 0 Å². The molecule has 0 bridgehead atoms. The van der Waals surface area contributed by atoms with Crippen LogP contribution < -0.4 is 0 Å². The molecule has 0 amide bonds. The molecule has 0 aliphatic carbocycles. The van der Waals surface area contributed by atoms with Gasteiger partial charge < -0.3 is 4.57 Å². The molecule has 0 unspecified atom stereocenters. The van der Waals surface area contributed by atoms with Gasteiger partial charge in [-0.2, -0.15) is 0 Å². The van der Waals surface area contributed by atoms with Crippen molar-refractivity contribution in [3.05, 3.63) is 66.0 Å². The van der Waals surface area contributed by atoms with Gasteiger partial charge in [0.25, 0.3) is 0 Å². The molecule has 0 spiro atoms. The third kappa shape index (κ3) is 2.11. The fraction of sp³-hybridized carbons (Fsp3) is 0.278. The zero-order chi connectivity index (χ0) is 14.1. The Balaban J connectivity index is 2.21. The lowest BCUT2D eigenvalue weighted by molar-refractivity contribution is 0.593. The highest BCUT2D eigenvalue weighted by Gasteiger charge is 2.18. The molecule has 3 rings (SSSR count). The van der Waals surface area contributed by atoms with Gasteiger partial charge in [0, 0.05) is 5.92 Å². The second-order valence-electron chi connectivity index (χ2n) is 5.57. The number of fused-ring (bicyclic) bond motifs is 1. The van der Waals surface area contributed by atoms with Crippen LogP contribution in [0.25, 0.3) is 11.0 Å². The molecule has 0 aliphatic rings.